The Labute approximate surface area is 110 Å². The first-order chi connectivity index (χ1) is 8.36. The lowest BCUT2D eigenvalue weighted by Gasteiger charge is -2.05. The highest BCUT2D eigenvalue weighted by atomic mass is 32.2. The van der Waals surface area contributed by atoms with E-state index >= 15 is 0 Å². The summed E-state index contributed by atoms with van der Waals surface area (Å²) in [7, 11) is 0. The summed E-state index contributed by atoms with van der Waals surface area (Å²) in [6, 6.07) is 8.83. The van der Waals surface area contributed by atoms with Crippen molar-refractivity contribution in [3.8, 4) is 0 Å². The van der Waals surface area contributed by atoms with Crippen molar-refractivity contribution in [3.63, 3.8) is 0 Å². The van der Waals surface area contributed by atoms with Gasteiger partial charge in [-0.25, -0.2) is 0 Å². The van der Waals surface area contributed by atoms with Crippen molar-refractivity contribution in [3.05, 3.63) is 29.8 Å². The van der Waals surface area contributed by atoms with E-state index in [2.05, 4.69) is 42.8 Å². The molecule has 1 N–H and O–H groups in total. The second-order valence-corrected chi connectivity index (χ2v) is 5.32. The van der Waals surface area contributed by atoms with Gasteiger partial charge in [-0.3, -0.25) is 0 Å². The van der Waals surface area contributed by atoms with Crippen molar-refractivity contribution in [1.29, 1.82) is 0 Å². The summed E-state index contributed by atoms with van der Waals surface area (Å²) in [4.78, 5) is 1.34. The van der Waals surface area contributed by atoms with Crippen LogP contribution in [0.3, 0.4) is 0 Å². The van der Waals surface area contributed by atoms with Gasteiger partial charge >= 0.3 is 0 Å². The summed E-state index contributed by atoms with van der Waals surface area (Å²) >= 11 is 1.80. The van der Waals surface area contributed by atoms with Crippen LogP contribution in [0.4, 0.5) is 0 Å². The average Bonchev–Trinajstić information content (AvgIpc) is 2.38. The third-order valence-electron chi connectivity index (χ3n) is 2.95. The summed E-state index contributed by atoms with van der Waals surface area (Å²) in [5.41, 5.74) is 1.39. The number of nitrogens with one attached hydrogen (secondary N) is 1. The van der Waals surface area contributed by atoms with Crippen LogP contribution in [0.5, 0.6) is 0 Å². The Morgan fingerprint density at radius 3 is 2.35 bits per heavy atom. The lowest BCUT2D eigenvalue weighted by atomic mass is 10.1. The predicted molar refractivity (Wildman–Crippen MR) is 78.7 cm³/mol. The molecule has 0 atom stereocenters. The third kappa shape index (κ3) is 6.75. The predicted octanol–water partition coefficient (Wildman–Crippen LogP) is 4.47. The van der Waals surface area contributed by atoms with Gasteiger partial charge in [0.2, 0.25) is 0 Å². The maximum absolute atomic E-state index is 3.51. The van der Waals surface area contributed by atoms with E-state index in [-0.39, 0.29) is 0 Å². The van der Waals surface area contributed by atoms with Crippen LogP contribution < -0.4 is 5.32 Å². The van der Waals surface area contributed by atoms with Gasteiger partial charge in [-0.05, 0) is 36.9 Å². The van der Waals surface area contributed by atoms with Crippen molar-refractivity contribution < 1.29 is 0 Å². The van der Waals surface area contributed by atoms with Gasteiger partial charge in [-0.15, -0.1) is 11.8 Å². The van der Waals surface area contributed by atoms with E-state index in [1.165, 1.54) is 42.6 Å². The van der Waals surface area contributed by atoms with Gasteiger partial charge in [0.1, 0.15) is 0 Å². The number of unbranched alkanes of at least 4 members (excludes halogenated alkanes) is 4. The Bertz CT molecular complexity index is 281. The summed E-state index contributed by atoms with van der Waals surface area (Å²) in [5, 5.41) is 3.51. The molecule has 2 heteroatoms. The lowest BCUT2D eigenvalue weighted by molar-refractivity contribution is 0.583. The molecule has 0 aliphatic carbocycles. The minimum absolute atomic E-state index is 1.00. The third-order valence-corrected chi connectivity index (χ3v) is 3.69. The van der Waals surface area contributed by atoms with Crippen LogP contribution in [0.2, 0.25) is 0 Å². The highest BCUT2D eigenvalue weighted by molar-refractivity contribution is 7.98. The zero-order valence-electron chi connectivity index (χ0n) is 11.2. The molecule has 0 heterocycles. The van der Waals surface area contributed by atoms with Crippen LogP contribution >= 0.6 is 11.8 Å². The van der Waals surface area contributed by atoms with E-state index in [1.54, 1.807) is 11.8 Å². The Kier molecular flexibility index (Phi) is 8.20. The largest absolute Gasteiger partial charge is 0.313 e. The van der Waals surface area contributed by atoms with E-state index in [1.807, 2.05) is 0 Å². The van der Waals surface area contributed by atoms with Crippen molar-refractivity contribution in [2.24, 2.45) is 0 Å². The lowest BCUT2D eigenvalue weighted by Crippen LogP contribution is -2.14. The van der Waals surface area contributed by atoms with Gasteiger partial charge in [-0.1, -0.05) is 44.7 Å². The first-order valence-electron chi connectivity index (χ1n) is 6.70. The van der Waals surface area contributed by atoms with Crippen LogP contribution in [0.1, 0.15) is 44.6 Å². The molecule has 0 saturated carbocycles. The average molecular weight is 251 g/mol. The molecule has 0 unspecified atom stereocenters. The van der Waals surface area contributed by atoms with Gasteiger partial charge in [0.05, 0.1) is 0 Å². The molecule has 1 aromatic carbocycles. The standard InChI is InChI=1S/C15H25NS/c1-3-4-5-6-7-12-16-13-14-8-10-15(17-2)11-9-14/h8-11,16H,3-7,12-13H2,1-2H3. The molecule has 0 fully saturated rings. The molecule has 0 saturated heterocycles. The van der Waals surface area contributed by atoms with Crippen molar-refractivity contribution >= 4 is 11.8 Å². The summed E-state index contributed by atoms with van der Waals surface area (Å²) in [5.74, 6) is 0. The molecule has 17 heavy (non-hydrogen) atoms. The maximum Gasteiger partial charge on any atom is 0.0205 e. The van der Waals surface area contributed by atoms with Crippen molar-refractivity contribution in [1.82, 2.24) is 5.32 Å². The molecule has 1 rings (SSSR count). The van der Waals surface area contributed by atoms with Crippen molar-refractivity contribution in [2.45, 2.75) is 50.5 Å². The Balaban J connectivity index is 2.05. The zero-order chi connectivity index (χ0) is 12.3. The molecule has 0 aliphatic heterocycles. The first-order valence-corrected chi connectivity index (χ1v) is 7.93. The van der Waals surface area contributed by atoms with Gasteiger partial charge in [-0.2, -0.15) is 0 Å². The maximum atomic E-state index is 3.51. The van der Waals surface area contributed by atoms with Crippen molar-refractivity contribution in [2.75, 3.05) is 12.8 Å². The summed E-state index contributed by atoms with van der Waals surface area (Å²) < 4.78 is 0. The zero-order valence-corrected chi connectivity index (χ0v) is 12.0. The van der Waals surface area contributed by atoms with E-state index in [9.17, 15) is 0 Å². The van der Waals surface area contributed by atoms with Gasteiger partial charge in [0.25, 0.3) is 0 Å². The molecule has 0 amide bonds. The summed E-state index contributed by atoms with van der Waals surface area (Å²) in [6.07, 6.45) is 8.89. The summed E-state index contributed by atoms with van der Waals surface area (Å²) in [6.45, 7) is 4.41. The highest BCUT2D eigenvalue weighted by Gasteiger charge is 1.94. The minimum atomic E-state index is 1.00. The second kappa shape index (κ2) is 9.55. The SMILES string of the molecule is CCCCCCCNCc1ccc(SC)cc1. The van der Waals surface area contributed by atoms with Crippen LogP contribution in [0.25, 0.3) is 0 Å². The highest BCUT2D eigenvalue weighted by Crippen LogP contribution is 2.14. The molecule has 0 bridgehead atoms. The number of rotatable bonds is 9. The smallest absolute Gasteiger partial charge is 0.0205 e. The number of thioether (sulfide) groups is 1. The van der Waals surface area contributed by atoms with Crippen LogP contribution in [0.15, 0.2) is 29.2 Å². The van der Waals surface area contributed by atoms with E-state index in [4.69, 9.17) is 0 Å². The monoisotopic (exact) mass is 251 g/mol. The van der Waals surface area contributed by atoms with Crippen LogP contribution in [-0.2, 0) is 6.54 Å². The molecule has 96 valence electrons. The topological polar surface area (TPSA) is 12.0 Å². The van der Waals surface area contributed by atoms with Gasteiger partial charge < -0.3 is 5.32 Å². The molecule has 1 nitrogen and oxygen atoms in total. The Morgan fingerprint density at radius 1 is 1.00 bits per heavy atom. The van der Waals surface area contributed by atoms with E-state index in [0.29, 0.717) is 0 Å². The van der Waals surface area contributed by atoms with Gasteiger partial charge in [0, 0.05) is 11.4 Å². The fourth-order valence-corrected chi connectivity index (χ4v) is 2.24. The molecule has 0 spiro atoms. The number of benzene rings is 1. The van der Waals surface area contributed by atoms with Crippen LogP contribution in [0, 0.1) is 0 Å². The molecule has 0 aliphatic rings. The van der Waals surface area contributed by atoms with E-state index in [0.717, 1.165) is 13.1 Å². The molecular weight excluding hydrogens is 226 g/mol. The molecular formula is C15H25NS. The number of hydrogen-bond acceptors (Lipinski definition) is 2. The van der Waals surface area contributed by atoms with Gasteiger partial charge in [0.15, 0.2) is 0 Å². The molecule has 1 aromatic rings. The Hall–Kier alpha value is -0.470. The minimum Gasteiger partial charge on any atom is -0.313 e. The quantitative estimate of drug-likeness (QED) is 0.513. The normalized spacial score (nSPS) is 10.7. The fraction of sp³-hybridized carbons (Fsp3) is 0.600. The molecule has 0 aromatic heterocycles. The first kappa shape index (κ1) is 14.6. The van der Waals surface area contributed by atoms with E-state index < -0.39 is 0 Å². The van der Waals surface area contributed by atoms with Crippen LogP contribution in [-0.4, -0.2) is 12.8 Å². The second-order valence-electron chi connectivity index (χ2n) is 4.44. The molecule has 0 radical (unpaired) electrons. The fourth-order valence-electron chi connectivity index (χ4n) is 1.83. The number of hydrogen-bond donors (Lipinski definition) is 1. The Morgan fingerprint density at radius 2 is 1.71 bits per heavy atom.